The fourth-order valence-corrected chi connectivity index (χ4v) is 1.10. The van der Waals surface area contributed by atoms with Crippen molar-refractivity contribution in [2.24, 2.45) is 0 Å². The molecule has 1 heterocycles. The molecule has 0 bridgehead atoms. The van der Waals surface area contributed by atoms with E-state index in [0.717, 1.165) is 0 Å². The zero-order valence-corrected chi connectivity index (χ0v) is 8.20. The summed E-state index contributed by atoms with van der Waals surface area (Å²) < 4.78 is 9.44. The van der Waals surface area contributed by atoms with Crippen LogP contribution in [0.1, 0.15) is 13.8 Å². The lowest BCUT2D eigenvalue weighted by molar-refractivity contribution is -0.138. The van der Waals surface area contributed by atoms with Crippen LogP contribution >= 0.6 is 0 Å². The van der Waals surface area contributed by atoms with Crippen molar-refractivity contribution in [3.05, 3.63) is 11.6 Å². The molecule has 1 rings (SSSR count). The summed E-state index contributed by atoms with van der Waals surface area (Å²) in [4.78, 5) is 21.8. The molecule has 0 aromatic rings. The van der Waals surface area contributed by atoms with E-state index in [2.05, 4.69) is 10.1 Å². The molecule has 0 aliphatic carbocycles. The van der Waals surface area contributed by atoms with Gasteiger partial charge < -0.3 is 14.8 Å². The number of carbonyl (C=O) groups is 2. The maximum absolute atomic E-state index is 11.2. The highest BCUT2D eigenvalue weighted by Crippen LogP contribution is 2.04. The van der Waals surface area contributed by atoms with Gasteiger partial charge in [0.25, 0.3) is 0 Å². The Kier molecular flexibility index (Phi) is 3.50. The second-order valence-corrected chi connectivity index (χ2v) is 2.92. The van der Waals surface area contributed by atoms with Gasteiger partial charge in [0.2, 0.25) is 0 Å². The molecule has 0 radical (unpaired) electrons. The van der Waals surface area contributed by atoms with Crippen LogP contribution in [0.4, 0.5) is 4.79 Å². The third-order valence-electron chi connectivity index (χ3n) is 1.75. The maximum atomic E-state index is 11.2. The monoisotopic (exact) mass is 199 g/mol. The van der Waals surface area contributed by atoms with E-state index in [4.69, 9.17) is 4.74 Å². The van der Waals surface area contributed by atoms with Gasteiger partial charge in [0.15, 0.2) is 0 Å². The lowest BCUT2D eigenvalue weighted by atomic mass is 10.2. The molecule has 0 aromatic heterocycles. The van der Waals surface area contributed by atoms with Crippen LogP contribution in [0, 0.1) is 0 Å². The molecule has 1 saturated heterocycles. The molecule has 0 saturated carbocycles. The molecule has 1 amide bonds. The number of ether oxygens (including phenoxy) is 2. The summed E-state index contributed by atoms with van der Waals surface area (Å²) in [5.41, 5.74) is 0.475. The highest BCUT2D eigenvalue weighted by atomic mass is 16.6. The van der Waals surface area contributed by atoms with E-state index in [1.54, 1.807) is 19.9 Å². The van der Waals surface area contributed by atoms with Gasteiger partial charge in [-0.05, 0) is 19.9 Å². The van der Waals surface area contributed by atoms with Gasteiger partial charge >= 0.3 is 12.1 Å². The average Bonchev–Trinajstić information content (AvgIpc) is 2.51. The van der Waals surface area contributed by atoms with Crippen LogP contribution in [-0.4, -0.2) is 31.3 Å². The molecular formula is C9H13NO4. The van der Waals surface area contributed by atoms with Crippen LogP contribution in [0.15, 0.2) is 11.6 Å². The Balaban J connectivity index is 2.50. The predicted octanol–water partition coefficient (Wildman–Crippen LogP) is 0.604. The van der Waals surface area contributed by atoms with Crippen LogP contribution < -0.4 is 5.32 Å². The lowest BCUT2D eigenvalue weighted by Crippen LogP contribution is -2.24. The van der Waals surface area contributed by atoms with Gasteiger partial charge in [0, 0.05) is 5.57 Å². The summed E-state index contributed by atoms with van der Waals surface area (Å²) in [6, 6.07) is -0.230. The number of alkyl carbamates (subject to hydrolysis) is 1. The summed E-state index contributed by atoms with van der Waals surface area (Å²) in [6.07, 6.45) is 1.17. The van der Waals surface area contributed by atoms with Crippen molar-refractivity contribution in [2.75, 3.05) is 13.2 Å². The van der Waals surface area contributed by atoms with E-state index in [0.29, 0.717) is 12.2 Å². The van der Waals surface area contributed by atoms with Gasteiger partial charge in [0.05, 0.1) is 12.6 Å². The van der Waals surface area contributed by atoms with Crippen molar-refractivity contribution in [1.29, 1.82) is 0 Å². The normalized spacial score (nSPS) is 21.4. The van der Waals surface area contributed by atoms with Crippen LogP contribution in [0.3, 0.4) is 0 Å². The Morgan fingerprint density at radius 2 is 2.50 bits per heavy atom. The standard InChI is InChI=1S/C9H13NO4/c1-3-13-8(11)6(2)4-7-5-14-9(12)10-7/h4,7H,3,5H2,1-2H3,(H,10,12)/b6-4+/t7-/m1/s1. The molecule has 0 spiro atoms. The van der Waals surface area contributed by atoms with Gasteiger partial charge in [-0.3, -0.25) is 0 Å². The first-order chi connectivity index (χ1) is 6.63. The molecule has 14 heavy (non-hydrogen) atoms. The van der Waals surface area contributed by atoms with E-state index in [1.165, 1.54) is 0 Å². The minimum atomic E-state index is -0.456. The number of hydrogen-bond donors (Lipinski definition) is 1. The third kappa shape index (κ3) is 2.76. The summed E-state index contributed by atoms with van der Waals surface area (Å²) in [7, 11) is 0. The van der Waals surface area contributed by atoms with Crippen molar-refractivity contribution >= 4 is 12.1 Å². The van der Waals surface area contributed by atoms with Crippen molar-refractivity contribution in [3.8, 4) is 0 Å². The van der Waals surface area contributed by atoms with E-state index in [-0.39, 0.29) is 18.6 Å². The van der Waals surface area contributed by atoms with E-state index in [9.17, 15) is 9.59 Å². The Bertz CT molecular complexity index is 272. The van der Waals surface area contributed by atoms with E-state index >= 15 is 0 Å². The van der Waals surface area contributed by atoms with Crippen molar-refractivity contribution in [1.82, 2.24) is 5.32 Å². The summed E-state index contributed by atoms with van der Waals surface area (Å²) in [5, 5.41) is 2.54. The van der Waals surface area contributed by atoms with Crippen molar-refractivity contribution in [2.45, 2.75) is 19.9 Å². The molecular weight excluding hydrogens is 186 g/mol. The number of hydrogen-bond acceptors (Lipinski definition) is 4. The number of carbonyl (C=O) groups excluding carboxylic acids is 2. The number of nitrogens with one attached hydrogen (secondary N) is 1. The minimum Gasteiger partial charge on any atom is -0.463 e. The quantitative estimate of drug-likeness (QED) is 0.534. The van der Waals surface area contributed by atoms with Crippen LogP contribution in [0.2, 0.25) is 0 Å². The largest absolute Gasteiger partial charge is 0.463 e. The topological polar surface area (TPSA) is 64.6 Å². The third-order valence-corrected chi connectivity index (χ3v) is 1.75. The molecule has 5 nitrogen and oxygen atoms in total. The molecule has 0 unspecified atom stereocenters. The second kappa shape index (κ2) is 4.64. The second-order valence-electron chi connectivity index (χ2n) is 2.92. The summed E-state index contributed by atoms with van der Waals surface area (Å²) in [5.74, 6) is -0.367. The van der Waals surface area contributed by atoms with E-state index < -0.39 is 6.09 Å². The lowest BCUT2D eigenvalue weighted by Gasteiger charge is -2.04. The van der Waals surface area contributed by atoms with Crippen molar-refractivity contribution < 1.29 is 19.1 Å². The fourth-order valence-electron chi connectivity index (χ4n) is 1.10. The number of cyclic esters (lactones) is 1. The van der Waals surface area contributed by atoms with E-state index in [1.807, 2.05) is 0 Å². The Hall–Kier alpha value is -1.52. The number of esters is 1. The number of rotatable bonds is 3. The van der Waals surface area contributed by atoms with Crippen LogP contribution in [-0.2, 0) is 14.3 Å². The zero-order chi connectivity index (χ0) is 10.6. The smallest absolute Gasteiger partial charge is 0.407 e. The first-order valence-corrected chi connectivity index (χ1v) is 4.42. The zero-order valence-electron chi connectivity index (χ0n) is 8.20. The SMILES string of the molecule is CCOC(=O)/C(C)=C/[C@@H]1COC(=O)N1. The molecule has 5 heteroatoms. The van der Waals surface area contributed by atoms with Gasteiger partial charge in [-0.1, -0.05) is 0 Å². The minimum absolute atomic E-state index is 0.230. The Morgan fingerprint density at radius 1 is 1.79 bits per heavy atom. The first kappa shape index (κ1) is 10.6. The van der Waals surface area contributed by atoms with Gasteiger partial charge in [-0.25, -0.2) is 9.59 Å². The van der Waals surface area contributed by atoms with Gasteiger partial charge in [-0.15, -0.1) is 0 Å². The Morgan fingerprint density at radius 3 is 3.00 bits per heavy atom. The first-order valence-electron chi connectivity index (χ1n) is 4.42. The maximum Gasteiger partial charge on any atom is 0.407 e. The molecule has 1 aliphatic rings. The summed E-state index contributed by atoms with van der Waals surface area (Å²) in [6.45, 7) is 3.99. The van der Waals surface area contributed by atoms with Crippen LogP contribution in [0.25, 0.3) is 0 Å². The van der Waals surface area contributed by atoms with Gasteiger partial charge in [-0.2, -0.15) is 0 Å². The van der Waals surface area contributed by atoms with Crippen LogP contribution in [0.5, 0.6) is 0 Å². The highest BCUT2D eigenvalue weighted by Gasteiger charge is 2.21. The van der Waals surface area contributed by atoms with Gasteiger partial charge in [0.1, 0.15) is 6.61 Å². The summed E-state index contributed by atoms with van der Waals surface area (Å²) >= 11 is 0. The molecule has 1 aliphatic heterocycles. The Labute approximate surface area is 82.1 Å². The average molecular weight is 199 g/mol. The molecule has 1 fully saturated rings. The molecule has 78 valence electrons. The fraction of sp³-hybridized carbons (Fsp3) is 0.556. The predicted molar refractivity (Wildman–Crippen MR) is 48.7 cm³/mol. The van der Waals surface area contributed by atoms with Crippen molar-refractivity contribution in [3.63, 3.8) is 0 Å². The highest BCUT2D eigenvalue weighted by molar-refractivity contribution is 5.88. The molecule has 1 atom stereocenters. The molecule has 1 N–H and O–H groups in total. The molecule has 0 aromatic carbocycles. The number of amides is 1.